The molecule has 0 aliphatic carbocycles. The largest absolute Gasteiger partial charge is 0.439 e. The highest BCUT2D eigenvalue weighted by molar-refractivity contribution is 7.88. The van der Waals surface area contributed by atoms with Gasteiger partial charge >= 0.3 is 6.03 Å². The van der Waals surface area contributed by atoms with Crippen LogP contribution in [0.25, 0.3) is 0 Å². The molecule has 0 unspecified atom stereocenters. The van der Waals surface area contributed by atoms with E-state index < -0.39 is 39.2 Å². The van der Waals surface area contributed by atoms with Gasteiger partial charge in [0.05, 0.1) is 23.2 Å². The molecule has 4 N–H and O–H groups in total. The van der Waals surface area contributed by atoms with E-state index in [0.29, 0.717) is 43.6 Å². The van der Waals surface area contributed by atoms with Crippen LogP contribution in [0.15, 0.2) is 48.5 Å². The molecular weight excluding hydrogens is 642 g/mol. The maximum atomic E-state index is 14.5. The number of carbonyl (C=O) groups is 2. The van der Waals surface area contributed by atoms with E-state index in [1.807, 2.05) is 19.1 Å². The number of amides is 3. The summed E-state index contributed by atoms with van der Waals surface area (Å²) in [5.41, 5.74) is 7.22. The first-order chi connectivity index (χ1) is 22.7. The summed E-state index contributed by atoms with van der Waals surface area (Å²) in [6, 6.07) is 11.9. The summed E-state index contributed by atoms with van der Waals surface area (Å²) in [6.07, 6.45) is 4.14. The van der Waals surface area contributed by atoms with E-state index in [0.717, 1.165) is 55.1 Å². The molecule has 0 radical (unpaired) electrons. The Balaban J connectivity index is 1.38. The summed E-state index contributed by atoms with van der Waals surface area (Å²) >= 11 is 0. The van der Waals surface area contributed by atoms with Crippen LogP contribution in [-0.2, 0) is 23.1 Å². The molecule has 1 aliphatic rings. The minimum absolute atomic E-state index is 0.0843. The van der Waals surface area contributed by atoms with Gasteiger partial charge in [-0.15, -0.1) is 0 Å². The summed E-state index contributed by atoms with van der Waals surface area (Å²) < 4.78 is 59.7. The molecule has 3 amide bonds. The second kappa shape index (κ2) is 16.3. The lowest BCUT2D eigenvalue weighted by molar-refractivity contribution is 0.0996. The van der Waals surface area contributed by atoms with Gasteiger partial charge in [-0.3, -0.25) is 9.69 Å². The fourth-order valence-electron chi connectivity index (χ4n) is 5.62. The third-order valence-electron chi connectivity index (χ3n) is 8.19. The van der Waals surface area contributed by atoms with E-state index in [4.69, 9.17) is 15.5 Å². The first-order valence-electron chi connectivity index (χ1n) is 16.0. The molecule has 3 aromatic rings. The number of pyridine rings is 1. The van der Waals surface area contributed by atoms with Crippen LogP contribution in [-0.4, -0.2) is 67.1 Å². The van der Waals surface area contributed by atoms with Crippen molar-refractivity contribution in [3.8, 4) is 11.6 Å². The molecule has 0 bridgehead atoms. The third kappa shape index (κ3) is 10.2. The average molecular weight is 687 g/mol. The Hall–Kier alpha value is -4.14. The molecule has 1 aliphatic heterocycles. The summed E-state index contributed by atoms with van der Waals surface area (Å²) in [4.78, 5) is 33.7. The van der Waals surface area contributed by atoms with Crippen LogP contribution >= 0.6 is 0 Å². The fraction of sp³-hybridized carbons (Fsp3) is 0.441. The number of sulfonamides is 1. The highest BCUT2D eigenvalue weighted by atomic mass is 32.2. The molecule has 14 heteroatoms. The second-order valence-corrected chi connectivity index (χ2v) is 14.2. The molecule has 4 rings (SSSR count). The summed E-state index contributed by atoms with van der Waals surface area (Å²) in [6.45, 7) is 8.97. The Morgan fingerprint density at radius 3 is 2.38 bits per heavy atom. The number of halogens is 2. The predicted molar refractivity (Wildman–Crippen MR) is 180 cm³/mol. The van der Waals surface area contributed by atoms with Crippen molar-refractivity contribution in [2.45, 2.75) is 71.5 Å². The van der Waals surface area contributed by atoms with Crippen molar-refractivity contribution in [3.63, 3.8) is 0 Å². The van der Waals surface area contributed by atoms with Gasteiger partial charge in [0.25, 0.3) is 5.91 Å². The lowest BCUT2D eigenvalue weighted by Gasteiger charge is -2.39. The summed E-state index contributed by atoms with van der Waals surface area (Å²) in [5, 5.41) is 2.53. The summed E-state index contributed by atoms with van der Waals surface area (Å²) in [7, 11) is -3.29. The smallest absolute Gasteiger partial charge is 0.322 e. The van der Waals surface area contributed by atoms with E-state index in [9.17, 15) is 26.8 Å². The maximum absolute atomic E-state index is 14.5. The first-order valence-corrected chi connectivity index (χ1v) is 17.9. The van der Waals surface area contributed by atoms with Crippen molar-refractivity contribution in [2.24, 2.45) is 5.73 Å². The fourth-order valence-corrected chi connectivity index (χ4v) is 6.04. The molecule has 260 valence electrons. The lowest BCUT2D eigenvalue weighted by atomic mass is 10.00. The number of primary amides is 1. The zero-order valence-corrected chi connectivity index (χ0v) is 28.6. The van der Waals surface area contributed by atoms with E-state index >= 15 is 0 Å². The quantitative estimate of drug-likeness (QED) is 0.197. The van der Waals surface area contributed by atoms with Crippen molar-refractivity contribution in [1.82, 2.24) is 19.5 Å². The number of urea groups is 1. The van der Waals surface area contributed by atoms with Crippen molar-refractivity contribution in [3.05, 3.63) is 82.5 Å². The lowest BCUT2D eigenvalue weighted by Crippen LogP contribution is -2.49. The van der Waals surface area contributed by atoms with Crippen molar-refractivity contribution in [1.29, 1.82) is 0 Å². The van der Waals surface area contributed by atoms with Crippen LogP contribution in [0, 0.1) is 11.6 Å². The zero-order chi connectivity index (χ0) is 35.0. The van der Waals surface area contributed by atoms with E-state index in [1.54, 1.807) is 29.2 Å². The van der Waals surface area contributed by atoms with E-state index in [1.165, 1.54) is 0 Å². The molecule has 1 aromatic heterocycles. The van der Waals surface area contributed by atoms with Crippen LogP contribution in [0.5, 0.6) is 11.6 Å². The highest BCUT2D eigenvalue weighted by Gasteiger charge is 2.29. The van der Waals surface area contributed by atoms with Crippen molar-refractivity contribution >= 4 is 27.6 Å². The minimum Gasteiger partial charge on any atom is -0.439 e. The third-order valence-corrected chi connectivity index (χ3v) is 8.86. The number of benzene rings is 2. The highest BCUT2D eigenvalue weighted by Crippen LogP contribution is 2.28. The number of hydrogen-bond acceptors (Lipinski definition) is 7. The number of nitrogens with one attached hydrogen (secondary N) is 2. The number of ether oxygens (including phenoxy) is 1. The number of carbonyl (C=O) groups excluding carboxylic acids is 2. The molecule has 48 heavy (non-hydrogen) atoms. The van der Waals surface area contributed by atoms with Gasteiger partial charge in [-0.2, -0.15) is 0 Å². The molecule has 2 heterocycles. The Morgan fingerprint density at radius 1 is 1.08 bits per heavy atom. The summed E-state index contributed by atoms with van der Waals surface area (Å²) in [5.74, 6) is -1.94. The standard InChI is InChI=1S/C34H44F2N6O5S/c1-5-6-15-42(34(44)39-30-18-27(33(37)43)28(35)19-29(30)36)25-13-16-41(17-14-25)21-24-9-12-31(40-32(24)22(2)3)47-26-10-7-23(8-11-26)20-38-48(4,45)46/h7-12,18-19,22,25,38H,5-6,13-17,20-21H2,1-4H3,(H2,37,43)(H,39,44). The molecule has 1 fully saturated rings. The normalized spacial score (nSPS) is 14.2. The number of nitrogens with two attached hydrogens (primary N) is 1. The van der Waals surface area contributed by atoms with Crippen molar-refractivity contribution < 1.29 is 31.5 Å². The molecule has 0 saturated carbocycles. The second-order valence-electron chi connectivity index (χ2n) is 12.3. The van der Waals surface area contributed by atoms with Crippen LogP contribution in [0.3, 0.4) is 0 Å². The molecule has 1 saturated heterocycles. The van der Waals surface area contributed by atoms with Crippen molar-refractivity contribution in [2.75, 3.05) is 31.2 Å². The average Bonchev–Trinajstić information content (AvgIpc) is 3.03. The minimum atomic E-state index is -3.29. The number of aromatic nitrogens is 1. The van der Waals surface area contributed by atoms with Crippen LogP contribution in [0.2, 0.25) is 0 Å². The van der Waals surface area contributed by atoms with Gasteiger partial charge in [-0.1, -0.05) is 45.4 Å². The Morgan fingerprint density at radius 2 is 1.77 bits per heavy atom. The molecule has 11 nitrogen and oxygen atoms in total. The number of unbranched alkanes of at least 4 members (excludes halogenated alkanes) is 1. The van der Waals surface area contributed by atoms with Crippen LogP contribution in [0.1, 0.15) is 79.6 Å². The number of rotatable bonds is 14. The number of anilines is 1. The molecular formula is C34H44F2N6O5S. The van der Waals surface area contributed by atoms with Gasteiger partial charge in [0.2, 0.25) is 15.9 Å². The van der Waals surface area contributed by atoms with Crippen LogP contribution < -0.4 is 20.5 Å². The monoisotopic (exact) mass is 686 g/mol. The molecule has 2 aromatic carbocycles. The molecule has 0 atom stereocenters. The van der Waals surface area contributed by atoms with E-state index in [-0.39, 0.29) is 24.2 Å². The number of likely N-dealkylation sites (tertiary alicyclic amines) is 1. The van der Waals surface area contributed by atoms with Gasteiger partial charge in [0, 0.05) is 50.9 Å². The molecule has 0 spiro atoms. The number of hydrogen-bond donors (Lipinski definition) is 3. The van der Waals surface area contributed by atoms with Gasteiger partial charge in [-0.05, 0) is 54.5 Å². The maximum Gasteiger partial charge on any atom is 0.322 e. The van der Waals surface area contributed by atoms with Gasteiger partial charge in [0.15, 0.2) is 0 Å². The first kappa shape index (κ1) is 36.7. The Bertz CT molecular complexity index is 1700. The predicted octanol–water partition coefficient (Wildman–Crippen LogP) is 5.72. The number of piperidine rings is 1. The van der Waals surface area contributed by atoms with Gasteiger partial charge in [0.1, 0.15) is 17.4 Å². The van der Waals surface area contributed by atoms with Crippen LogP contribution in [0.4, 0.5) is 19.3 Å². The van der Waals surface area contributed by atoms with Gasteiger partial charge in [-0.25, -0.2) is 31.7 Å². The topological polar surface area (TPSA) is 147 Å². The SMILES string of the molecule is CCCCN(C(=O)Nc1cc(C(N)=O)c(F)cc1F)C1CCN(Cc2ccc(Oc3ccc(CNS(C)(=O)=O)cc3)nc2C(C)C)CC1. The van der Waals surface area contributed by atoms with E-state index in [2.05, 4.69) is 28.8 Å². The Labute approximate surface area is 280 Å². The van der Waals surface area contributed by atoms with Gasteiger partial charge < -0.3 is 20.7 Å². The zero-order valence-electron chi connectivity index (χ0n) is 27.8. The number of nitrogens with zero attached hydrogens (tertiary/aromatic N) is 3. The Kier molecular flexibility index (Phi) is 12.5.